The molecule has 1 aromatic carbocycles. The molecule has 0 aliphatic rings. The highest BCUT2D eigenvalue weighted by atomic mass is 16.7. The summed E-state index contributed by atoms with van der Waals surface area (Å²) >= 11 is 0. The number of carbonyl (C=O) groups excluding carboxylic acids is 3. The number of benzene rings is 1. The first-order chi connectivity index (χ1) is 10.1. The molecule has 1 N–H and O–H groups in total. The van der Waals surface area contributed by atoms with Gasteiger partial charge in [-0.1, -0.05) is 30.3 Å². The number of hydrogen-bond acceptors (Lipinski definition) is 5. The highest BCUT2D eigenvalue weighted by Crippen LogP contribution is 2.02. The summed E-state index contributed by atoms with van der Waals surface area (Å²) in [6.07, 6.45) is 1.33. The standard InChI is InChI=1S/C15H19NO5/c1-20-14(18)8-5-9-15(19)21-16-13(17)11-10-12-6-3-2-4-7-12/h2-4,6-7H,5,8-11H2,1H3,(H,16,17). The van der Waals surface area contributed by atoms with Crippen molar-refractivity contribution in [2.45, 2.75) is 32.1 Å². The van der Waals surface area contributed by atoms with Crippen LogP contribution in [0.3, 0.4) is 0 Å². The van der Waals surface area contributed by atoms with E-state index in [0.717, 1.165) is 5.56 Å². The Morgan fingerprint density at radius 1 is 1.00 bits per heavy atom. The van der Waals surface area contributed by atoms with E-state index in [1.165, 1.54) is 7.11 Å². The second kappa shape index (κ2) is 9.52. The minimum atomic E-state index is -0.577. The lowest BCUT2D eigenvalue weighted by Gasteiger charge is -2.05. The molecule has 21 heavy (non-hydrogen) atoms. The normalized spacial score (nSPS) is 9.76. The number of nitrogens with one attached hydrogen (secondary N) is 1. The van der Waals surface area contributed by atoms with Crippen LogP contribution in [0.4, 0.5) is 0 Å². The average molecular weight is 293 g/mol. The Labute approximate surface area is 123 Å². The van der Waals surface area contributed by atoms with E-state index in [9.17, 15) is 14.4 Å². The number of esters is 1. The van der Waals surface area contributed by atoms with Gasteiger partial charge in [0.25, 0.3) is 5.91 Å². The number of amides is 1. The first-order valence-electron chi connectivity index (χ1n) is 6.71. The van der Waals surface area contributed by atoms with Crippen LogP contribution in [0, 0.1) is 0 Å². The van der Waals surface area contributed by atoms with Crippen LogP contribution in [0.15, 0.2) is 30.3 Å². The summed E-state index contributed by atoms with van der Waals surface area (Å²) in [6.45, 7) is 0. The molecule has 0 saturated carbocycles. The Balaban J connectivity index is 2.12. The van der Waals surface area contributed by atoms with E-state index in [2.05, 4.69) is 15.1 Å². The highest BCUT2D eigenvalue weighted by Gasteiger charge is 2.09. The maximum absolute atomic E-state index is 11.5. The van der Waals surface area contributed by atoms with Gasteiger partial charge in [0.1, 0.15) is 0 Å². The molecule has 1 rings (SSSR count). The molecule has 6 heteroatoms. The number of aryl methyl sites for hydroxylation is 1. The van der Waals surface area contributed by atoms with Crippen molar-refractivity contribution in [1.82, 2.24) is 5.48 Å². The summed E-state index contributed by atoms with van der Waals surface area (Å²) in [6, 6.07) is 9.54. The first kappa shape index (κ1) is 16.7. The Morgan fingerprint density at radius 3 is 2.33 bits per heavy atom. The molecule has 0 atom stereocenters. The quantitative estimate of drug-likeness (QED) is 0.609. The lowest BCUT2D eigenvalue weighted by atomic mass is 10.1. The van der Waals surface area contributed by atoms with Crippen LogP contribution < -0.4 is 5.48 Å². The van der Waals surface area contributed by atoms with Crippen LogP contribution in [0.2, 0.25) is 0 Å². The zero-order chi connectivity index (χ0) is 15.5. The fourth-order valence-corrected chi connectivity index (χ4v) is 1.60. The summed E-state index contributed by atoms with van der Waals surface area (Å²) in [7, 11) is 1.29. The van der Waals surface area contributed by atoms with Crippen LogP contribution in [0.1, 0.15) is 31.2 Å². The Morgan fingerprint density at radius 2 is 1.67 bits per heavy atom. The Kier molecular flexibility index (Phi) is 7.56. The SMILES string of the molecule is COC(=O)CCCC(=O)ONC(=O)CCc1ccccc1. The zero-order valence-electron chi connectivity index (χ0n) is 12.0. The molecule has 114 valence electrons. The van der Waals surface area contributed by atoms with Gasteiger partial charge in [-0.2, -0.15) is 5.48 Å². The molecule has 0 heterocycles. The predicted octanol–water partition coefficient (Wildman–Crippen LogP) is 1.54. The van der Waals surface area contributed by atoms with Gasteiger partial charge in [-0.15, -0.1) is 0 Å². The molecule has 0 fully saturated rings. The average Bonchev–Trinajstić information content (AvgIpc) is 2.51. The smallest absolute Gasteiger partial charge is 0.332 e. The van der Waals surface area contributed by atoms with E-state index in [4.69, 9.17) is 0 Å². The number of methoxy groups -OCH3 is 1. The van der Waals surface area contributed by atoms with Gasteiger partial charge < -0.3 is 9.57 Å². The maximum atomic E-state index is 11.5. The minimum absolute atomic E-state index is 0.0497. The van der Waals surface area contributed by atoms with Gasteiger partial charge in [-0.3, -0.25) is 9.59 Å². The molecule has 0 aliphatic heterocycles. The van der Waals surface area contributed by atoms with Gasteiger partial charge in [-0.05, 0) is 18.4 Å². The van der Waals surface area contributed by atoms with Crippen molar-refractivity contribution in [2.75, 3.05) is 7.11 Å². The van der Waals surface area contributed by atoms with E-state index in [1.807, 2.05) is 30.3 Å². The van der Waals surface area contributed by atoms with E-state index in [-0.39, 0.29) is 31.1 Å². The van der Waals surface area contributed by atoms with Crippen molar-refractivity contribution in [3.8, 4) is 0 Å². The lowest BCUT2D eigenvalue weighted by molar-refractivity contribution is -0.158. The third-order valence-corrected chi connectivity index (χ3v) is 2.75. The van der Waals surface area contributed by atoms with Gasteiger partial charge in [-0.25, -0.2) is 4.79 Å². The molecule has 0 aliphatic carbocycles. The molecular formula is C15H19NO5. The van der Waals surface area contributed by atoms with Crippen LogP contribution in [0.25, 0.3) is 0 Å². The van der Waals surface area contributed by atoms with Crippen molar-refractivity contribution in [1.29, 1.82) is 0 Å². The largest absolute Gasteiger partial charge is 0.469 e. The highest BCUT2D eigenvalue weighted by molar-refractivity contribution is 5.78. The van der Waals surface area contributed by atoms with Crippen molar-refractivity contribution in [3.63, 3.8) is 0 Å². The van der Waals surface area contributed by atoms with Crippen LogP contribution >= 0.6 is 0 Å². The van der Waals surface area contributed by atoms with E-state index in [1.54, 1.807) is 0 Å². The fraction of sp³-hybridized carbons (Fsp3) is 0.400. The first-order valence-corrected chi connectivity index (χ1v) is 6.71. The van der Waals surface area contributed by atoms with Gasteiger partial charge in [0.2, 0.25) is 0 Å². The van der Waals surface area contributed by atoms with Gasteiger partial charge >= 0.3 is 11.9 Å². The van der Waals surface area contributed by atoms with Crippen molar-refractivity contribution in [3.05, 3.63) is 35.9 Å². The van der Waals surface area contributed by atoms with Crippen molar-refractivity contribution < 1.29 is 24.0 Å². The predicted molar refractivity (Wildman–Crippen MR) is 74.9 cm³/mol. The topological polar surface area (TPSA) is 81.7 Å². The third-order valence-electron chi connectivity index (χ3n) is 2.75. The fourth-order valence-electron chi connectivity index (χ4n) is 1.60. The van der Waals surface area contributed by atoms with Crippen LogP contribution in [0.5, 0.6) is 0 Å². The molecule has 1 aromatic rings. The summed E-state index contributed by atoms with van der Waals surface area (Å²) in [4.78, 5) is 38.2. The Hall–Kier alpha value is -2.37. The van der Waals surface area contributed by atoms with Crippen molar-refractivity contribution in [2.24, 2.45) is 0 Å². The molecule has 6 nitrogen and oxygen atoms in total. The van der Waals surface area contributed by atoms with Gasteiger partial charge in [0, 0.05) is 19.3 Å². The monoisotopic (exact) mass is 293 g/mol. The van der Waals surface area contributed by atoms with Crippen LogP contribution in [-0.4, -0.2) is 25.0 Å². The number of hydroxylamine groups is 1. The van der Waals surface area contributed by atoms with Gasteiger partial charge in [0.15, 0.2) is 0 Å². The summed E-state index contributed by atoms with van der Waals surface area (Å²) < 4.78 is 4.44. The lowest BCUT2D eigenvalue weighted by Crippen LogP contribution is -2.27. The minimum Gasteiger partial charge on any atom is -0.469 e. The summed E-state index contributed by atoms with van der Waals surface area (Å²) in [5, 5.41) is 0. The van der Waals surface area contributed by atoms with Crippen LogP contribution in [-0.2, 0) is 30.4 Å². The molecule has 0 unspecified atom stereocenters. The molecule has 0 aromatic heterocycles. The zero-order valence-corrected chi connectivity index (χ0v) is 12.0. The molecule has 0 saturated heterocycles. The number of rotatable bonds is 7. The summed E-state index contributed by atoms with van der Waals surface area (Å²) in [5.74, 6) is -1.32. The second-order valence-corrected chi connectivity index (χ2v) is 4.41. The van der Waals surface area contributed by atoms with Gasteiger partial charge in [0.05, 0.1) is 7.11 Å². The molecule has 0 bridgehead atoms. The number of hydrogen-bond donors (Lipinski definition) is 1. The molecule has 0 spiro atoms. The summed E-state index contributed by atoms with van der Waals surface area (Å²) in [5.41, 5.74) is 3.14. The van der Waals surface area contributed by atoms with E-state index in [0.29, 0.717) is 12.8 Å². The van der Waals surface area contributed by atoms with E-state index >= 15 is 0 Å². The second-order valence-electron chi connectivity index (χ2n) is 4.41. The molecule has 0 radical (unpaired) electrons. The third kappa shape index (κ3) is 7.71. The maximum Gasteiger partial charge on any atom is 0.332 e. The number of ether oxygens (including phenoxy) is 1. The van der Waals surface area contributed by atoms with E-state index < -0.39 is 5.97 Å². The Bertz CT molecular complexity index is 472. The van der Waals surface area contributed by atoms with Crippen molar-refractivity contribution >= 4 is 17.8 Å². The molecular weight excluding hydrogens is 274 g/mol. The molecule has 1 amide bonds. The number of carbonyl (C=O) groups is 3.